The van der Waals surface area contributed by atoms with Crippen LogP contribution >= 0.6 is 0 Å². The second-order valence-corrected chi connectivity index (χ2v) is 8.26. The summed E-state index contributed by atoms with van der Waals surface area (Å²) in [5.41, 5.74) is 0.140. The van der Waals surface area contributed by atoms with Gasteiger partial charge in [0.25, 0.3) is 5.91 Å². The van der Waals surface area contributed by atoms with Crippen molar-refractivity contribution in [1.82, 2.24) is 15.0 Å². The molecule has 1 unspecified atom stereocenters. The van der Waals surface area contributed by atoms with Gasteiger partial charge in [-0.25, -0.2) is 15.0 Å². The number of rotatable bonds is 1. The third-order valence-corrected chi connectivity index (χ3v) is 5.82. The van der Waals surface area contributed by atoms with Gasteiger partial charge in [0.15, 0.2) is 0 Å². The smallest absolute Gasteiger partial charge is 0.419 e. The lowest BCUT2D eigenvalue weighted by Crippen LogP contribution is -2.42. The normalized spacial score (nSPS) is 19.1. The number of para-hydroxylation sites is 1. The number of carbonyl (C=O) groups is 1. The third-order valence-electron chi connectivity index (χ3n) is 5.82. The quantitative estimate of drug-likeness (QED) is 0.576. The molecule has 2 bridgehead atoms. The van der Waals surface area contributed by atoms with Gasteiger partial charge in [0.05, 0.1) is 36.5 Å². The Hall–Kier alpha value is -3.47. The summed E-state index contributed by atoms with van der Waals surface area (Å²) < 4.78 is 52.0. The van der Waals surface area contributed by atoms with E-state index in [1.807, 2.05) is 0 Å². The van der Waals surface area contributed by atoms with Crippen molar-refractivity contribution >= 4 is 28.4 Å². The lowest BCUT2D eigenvalue weighted by atomic mass is 10.1. The van der Waals surface area contributed by atoms with Crippen molar-refractivity contribution in [2.45, 2.75) is 38.6 Å². The average molecular weight is 473 g/mol. The molecular weight excluding hydrogens is 451 g/mol. The fourth-order valence-electron chi connectivity index (χ4n) is 4.08. The van der Waals surface area contributed by atoms with Crippen LogP contribution in [0.15, 0.2) is 30.5 Å². The number of nitrogens with zero attached hydrogens (tertiary/aromatic N) is 4. The van der Waals surface area contributed by atoms with E-state index in [0.29, 0.717) is 59.9 Å². The summed E-state index contributed by atoms with van der Waals surface area (Å²) in [6, 6.07) is 5.71. The van der Waals surface area contributed by atoms with E-state index in [2.05, 4.69) is 20.3 Å². The molecule has 0 saturated carbocycles. The van der Waals surface area contributed by atoms with Gasteiger partial charge in [-0.05, 0) is 25.5 Å². The van der Waals surface area contributed by atoms with Gasteiger partial charge in [-0.1, -0.05) is 12.1 Å². The molecule has 1 N–H and O–H groups in total. The third kappa shape index (κ3) is 4.35. The number of aryl methyl sites for hydroxylation is 1. The molecule has 1 fully saturated rings. The average Bonchev–Trinajstić information content (AvgIpc) is 2.83. The summed E-state index contributed by atoms with van der Waals surface area (Å²) in [7, 11) is 0. The van der Waals surface area contributed by atoms with Gasteiger partial charge in [0, 0.05) is 23.9 Å². The van der Waals surface area contributed by atoms with Gasteiger partial charge in [-0.3, -0.25) is 9.69 Å². The number of ether oxygens (including phenoxy) is 2. The Bertz CT molecular complexity index is 1250. The zero-order valence-corrected chi connectivity index (χ0v) is 18.4. The molecule has 5 rings (SSSR count). The number of carbonyl (C=O) groups excluding carboxylic acids is 1. The first-order valence-corrected chi connectivity index (χ1v) is 10.9. The van der Waals surface area contributed by atoms with Crippen molar-refractivity contribution in [3.63, 3.8) is 0 Å². The summed E-state index contributed by atoms with van der Waals surface area (Å²) in [6.07, 6.45) is -2.58. The molecule has 1 amide bonds. The highest BCUT2D eigenvalue weighted by molar-refractivity contribution is 5.97. The number of fused-ring (bicyclic) bond motifs is 5. The predicted molar refractivity (Wildman–Crippen MR) is 118 cm³/mol. The molecule has 1 saturated heterocycles. The number of nitrogens with one attached hydrogen (secondary N) is 1. The molecule has 0 radical (unpaired) electrons. The summed E-state index contributed by atoms with van der Waals surface area (Å²) in [5.74, 6) is 1.06. The van der Waals surface area contributed by atoms with Crippen LogP contribution in [0.4, 0.5) is 24.8 Å². The zero-order valence-electron chi connectivity index (χ0n) is 18.4. The number of anilines is 2. The number of pyridine rings is 1. The Kier molecular flexibility index (Phi) is 5.72. The molecule has 8 nitrogen and oxygen atoms in total. The van der Waals surface area contributed by atoms with Gasteiger partial charge >= 0.3 is 6.18 Å². The van der Waals surface area contributed by atoms with Crippen molar-refractivity contribution in [2.75, 3.05) is 30.0 Å². The first-order valence-electron chi connectivity index (χ1n) is 10.9. The van der Waals surface area contributed by atoms with Crippen LogP contribution in [0.1, 0.15) is 30.3 Å². The highest BCUT2D eigenvalue weighted by Gasteiger charge is 2.36. The van der Waals surface area contributed by atoms with Crippen LogP contribution in [0.5, 0.6) is 5.75 Å². The van der Waals surface area contributed by atoms with Gasteiger partial charge in [0.1, 0.15) is 29.8 Å². The second-order valence-electron chi connectivity index (χ2n) is 8.26. The Morgan fingerprint density at radius 1 is 1.24 bits per heavy atom. The largest absolute Gasteiger partial charge is 0.490 e. The van der Waals surface area contributed by atoms with Crippen molar-refractivity contribution in [2.24, 2.45) is 0 Å². The van der Waals surface area contributed by atoms with Crippen LogP contribution in [-0.4, -0.2) is 46.7 Å². The van der Waals surface area contributed by atoms with Gasteiger partial charge in [0.2, 0.25) is 0 Å². The molecule has 1 atom stereocenters. The van der Waals surface area contributed by atoms with Crippen LogP contribution in [0.25, 0.3) is 10.9 Å². The number of morpholine rings is 1. The van der Waals surface area contributed by atoms with E-state index in [0.717, 1.165) is 6.07 Å². The van der Waals surface area contributed by atoms with E-state index in [4.69, 9.17) is 9.47 Å². The van der Waals surface area contributed by atoms with E-state index in [1.54, 1.807) is 25.3 Å². The zero-order chi connectivity index (χ0) is 23.9. The van der Waals surface area contributed by atoms with Gasteiger partial charge in [-0.15, -0.1) is 0 Å². The predicted octanol–water partition coefficient (Wildman–Crippen LogP) is 3.73. The first kappa shape index (κ1) is 22.3. The summed E-state index contributed by atoms with van der Waals surface area (Å²) in [6.45, 7) is 2.56. The molecule has 178 valence electrons. The number of aromatic nitrogens is 3. The van der Waals surface area contributed by atoms with Crippen molar-refractivity contribution in [1.29, 1.82) is 0 Å². The number of amides is 1. The molecule has 2 aromatic heterocycles. The molecular formula is C23H22F3N5O3. The Labute approximate surface area is 193 Å². The summed E-state index contributed by atoms with van der Waals surface area (Å²) in [4.78, 5) is 27.4. The molecule has 0 spiro atoms. The van der Waals surface area contributed by atoms with E-state index < -0.39 is 17.8 Å². The van der Waals surface area contributed by atoms with E-state index in [9.17, 15) is 18.0 Å². The minimum Gasteiger partial charge on any atom is -0.490 e. The fourth-order valence-corrected chi connectivity index (χ4v) is 4.08. The second kappa shape index (κ2) is 8.71. The minimum absolute atomic E-state index is 0.0171. The molecule has 3 aromatic rings. The van der Waals surface area contributed by atoms with E-state index in [-0.39, 0.29) is 24.8 Å². The molecule has 0 aliphatic carbocycles. The van der Waals surface area contributed by atoms with Crippen LogP contribution in [-0.2, 0) is 28.7 Å². The standard InChI is InChI=1S/C23H22F3N5O3/c1-13-5-6-18-29-17-11-27-19(31-7-8-33-12-20(31)32)9-15(17)22(30-18)28-10-14-3-2-4-16(21(14)34-13)23(24,25)26/h2-4,9,11,13H,5-8,10,12H2,1H3,(H,28,29,30). The van der Waals surface area contributed by atoms with Gasteiger partial charge in [-0.2, -0.15) is 13.2 Å². The molecule has 34 heavy (non-hydrogen) atoms. The van der Waals surface area contributed by atoms with Crippen LogP contribution < -0.4 is 15.0 Å². The fraction of sp³-hybridized carbons (Fsp3) is 0.391. The maximum atomic E-state index is 13.7. The maximum absolute atomic E-state index is 13.7. The lowest BCUT2D eigenvalue weighted by molar-refractivity contribution is -0.139. The minimum atomic E-state index is -4.54. The summed E-state index contributed by atoms with van der Waals surface area (Å²) >= 11 is 0. The molecule has 2 aliphatic rings. The number of hydrogen-bond acceptors (Lipinski definition) is 7. The highest BCUT2D eigenvalue weighted by atomic mass is 19.4. The van der Waals surface area contributed by atoms with Crippen molar-refractivity contribution in [3.8, 4) is 5.75 Å². The van der Waals surface area contributed by atoms with Crippen LogP contribution in [0, 0.1) is 0 Å². The van der Waals surface area contributed by atoms with Crippen molar-refractivity contribution < 1.29 is 27.4 Å². The Morgan fingerprint density at radius 2 is 2.09 bits per heavy atom. The molecule has 11 heteroatoms. The highest BCUT2D eigenvalue weighted by Crippen LogP contribution is 2.39. The topological polar surface area (TPSA) is 89.5 Å². The SMILES string of the molecule is CC1CCc2nc(c3cc(N4CCOCC4=O)ncc3n2)NCc2cccc(C(F)(F)F)c2O1. The molecule has 4 heterocycles. The Balaban J connectivity index is 1.58. The Morgan fingerprint density at radius 3 is 2.88 bits per heavy atom. The maximum Gasteiger partial charge on any atom is 0.419 e. The first-order chi connectivity index (χ1) is 16.3. The van der Waals surface area contributed by atoms with Gasteiger partial charge < -0.3 is 14.8 Å². The summed E-state index contributed by atoms with van der Waals surface area (Å²) in [5, 5.41) is 3.78. The molecule has 2 aliphatic heterocycles. The molecule has 1 aromatic carbocycles. The lowest BCUT2D eigenvalue weighted by Gasteiger charge is -2.26. The van der Waals surface area contributed by atoms with Crippen molar-refractivity contribution in [3.05, 3.63) is 47.4 Å². The van der Waals surface area contributed by atoms with Crippen LogP contribution in [0.2, 0.25) is 0 Å². The number of benzene rings is 1. The number of halogens is 3. The van der Waals surface area contributed by atoms with E-state index in [1.165, 1.54) is 11.0 Å². The van der Waals surface area contributed by atoms with Crippen LogP contribution in [0.3, 0.4) is 0 Å². The van der Waals surface area contributed by atoms with E-state index >= 15 is 0 Å². The number of hydrogen-bond donors (Lipinski definition) is 1. The monoisotopic (exact) mass is 473 g/mol. The number of alkyl halides is 3.